The van der Waals surface area contributed by atoms with Crippen molar-refractivity contribution >= 4 is 34.8 Å². The zero-order chi connectivity index (χ0) is 18.8. The molecule has 26 heavy (non-hydrogen) atoms. The fourth-order valence-corrected chi connectivity index (χ4v) is 3.03. The number of nitrogens with one attached hydrogen (secondary N) is 1. The molecule has 0 spiro atoms. The number of rotatable bonds is 5. The van der Waals surface area contributed by atoms with Crippen LogP contribution in [-0.4, -0.2) is 32.1 Å². The van der Waals surface area contributed by atoms with Crippen LogP contribution in [0, 0.1) is 6.92 Å². The predicted octanol–water partition coefficient (Wildman–Crippen LogP) is 3.41. The summed E-state index contributed by atoms with van der Waals surface area (Å²) in [5.74, 6) is 0.478. The first-order chi connectivity index (χ1) is 12.4. The maximum atomic E-state index is 12.8. The average molecular weight is 375 g/mol. The summed E-state index contributed by atoms with van der Waals surface area (Å²) in [5, 5.41) is 3.61. The van der Waals surface area contributed by atoms with Gasteiger partial charge in [-0.25, -0.2) is 4.90 Å². The Morgan fingerprint density at radius 3 is 2.42 bits per heavy atom. The van der Waals surface area contributed by atoms with E-state index in [0.29, 0.717) is 22.2 Å². The molecule has 0 saturated carbocycles. The van der Waals surface area contributed by atoms with E-state index in [1.807, 2.05) is 6.92 Å². The van der Waals surface area contributed by atoms with Gasteiger partial charge >= 0.3 is 0 Å². The summed E-state index contributed by atoms with van der Waals surface area (Å²) >= 11 is 6.11. The predicted molar refractivity (Wildman–Crippen MR) is 100 cm³/mol. The van der Waals surface area contributed by atoms with E-state index in [0.717, 1.165) is 16.2 Å². The lowest BCUT2D eigenvalue weighted by molar-refractivity contribution is -0.121. The normalized spacial score (nSPS) is 16.8. The third-order valence-electron chi connectivity index (χ3n) is 4.28. The SMILES string of the molecule is COc1ccc(NC2CC(=O)N(c3cc(C)c(Cl)cc3OC)C2=O)cc1. The van der Waals surface area contributed by atoms with Crippen molar-refractivity contribution in [1.29, 1.82) is 0 Å². The van der Waals surface area contributed by atoms with E-state index in [2.05, 4.69) is 5.32 Å². The first-order valence-electron chi connectivity index (χ1n) is 8.06. The van der Waals surface area contributed by atoms with Crippen LogP contribution < -0.4 is 19.7 Å². The number of carbonyl (C=O) groups is 2. The molecule has 1 fully saturated rings. The third-order valence-corrected chi connectivity index (χ3v) is 4.69. The average Bonchev–Trinajstić information content (AvgIpc) is 2.91. The van der Waals surface area contributed by atoms with E-state index in [1.165, 1.54) is 7.11 Å². The smallest absolute Gasteiger partial charge is 0.256 e. The van der Waals surface area contributed by atoms with Crippen LogP contribution in [0.15, 0.2) is 36.4 Å². The molecular weight excluding hydrogens is 356 g/mol. The van der Waals surface area contributed by atoms with Crippen molar-refractivity contribution in [3.63, 3.8) is 0 Å². The highest BCUT2D eigenvalue weighted by Crippen LogP contribution is 2.36. The van der Waals surface area contributed by atoms with Gasteiger partial charge in [-0.1, -0.05) is 11.6 Å². The van der Waals surface area contributed by atoms with Gasteiger partial charge in [0.05, 0.1) is 26.3 Å². The van der Waals surface area contributed by atoms with Gasteiger partial charge < -0.3 is 14.8 Å². The monoisotopic (exact) mass is 374 g/mol. The van der Waals surface area contributed by atoms with Crippen molar-refractivity contribution in [2.24, 2.45) is 0 Å². The quantitative estimate of drug-likeness (QED) is 0.812. The molecule has 0 bridgehead atoms. The van der Waals surface area contributed by atoms with E-state index >= 15 is 0 Å². The second-order valence-electron chi connectivity index (χ2n) is 5.97. The molecule has 1 heterocycles. The molecule has 1 saturated heterocycles. The van der Waals surface area contributed by atoms with E-state index in [1.54, 1.807) is 43.5 Å². The molecule has 0 aliphatic carbocycles. The van der Waals surface area contributed by atoms with Crippen LogP contribution in [0.25, 0.3) is 0 Å². The Hall–Kier alpha value is -2.73. The number of anilines is 2. The van der Waals surface area contributed by atoms with Crippen LogP contribution in [0.5, 0.6) is 11.5 Å². The zero-order valence-electron chi connectivity index (χ0n) is 14.7. The number of hydrogen-bond acceptors (Lipinski definition) is 5. The van der Waals surface area contributed by atoms with Crippen LogP contribution >= 0.6 is 11.6 Å². The number of aryl methyl sites for hydroxylation is 1. The van der Waals surface area contributed by atoms with Gasteiger partial charge in [-0.2, -0.15) is 0 Å². The zero-order valence-corrected chi connectivity index (χ0v) is 15.5. The lowest BCUT2D eigenvalue weighted by Crippen LogP contribution is -2.35. The van der Waals surface area contributed by atoms with Crippen molar-refractivity contribution in [1.82, 2.24) is 0 Å². The van der Waals surface area contributed by atoms with Gasteiger partial charge in [0.15, 0.2) is 0 Å². The topological polar surface area (TPSA) is 67.9 Å². The lowest BCUT2D eigenvalue weighted by atomic mass is 10.2. The Kier molecular flexibility index (Phi) is 5.04. The highest BCUT2D eigenvalue weighted by molar-refractivity contribution is 6.32. The van der Waals surface area contributed by atoms with Crippen LogP contribution in [0.4, 0.5) is 11.4 Å². The van der Waals surface area contributed by atoms with Crippen molar-refractivity contribution in [3.05, 3.63) is 47.0 Å². The number of carbonyl (C=O) groups excluding carboxylic acids is 2. The number of halogens is 1. The van der Waals surface area contributed by atoms with Gasteiger partial charge in [0.2, 0.25) is 5.91 Å². The van der Waals surface area contributed by atoms with Crippen molar-refractivity contribution in [2.45, 2.75) is 19.4 Å². The molecule has 1 aliphatic heterocycles. The summed E-state index contributed by atoms with van der Waals surface area (Å²) in [6.45, 7) is 1.81. The van der Waals surface area contributed by atoms with E-state index in [4.69, 9.17) is 21.1 Å². The summed E-state index contributed by atoms with van der Waals surface area (Å²) in [5.41, 5.74) is 1.90. The number of benzene rings is 2. The van der Waals surface area contributed by atoms with Gasteiger partial charge in [-0.05, 0) is 42.8 Å². The van der Waals surface area contributed by atoms with Crippen LogP contribution in [0.2, 0.25) is 5.02 Å². The largest absolute Gasteiger partial charge is 0.497 e. The molecule has 1 N–H and O–H groups in total. The van der Waals surface area contributed by atoms with Crippen molar-refractivity contribution in [2.75, 3.05) is 24.4 Å². The van der Waals surface area contributed by atoms with Gasteiger partial charge in [0, 0.05) is 16.8 Å². The minimum atomic E-state index is -0.642. The molecule has 136 valence electrons. The number of nitrogens with zero attached hydrogens (tertiary/aromatic N) is 1. The lowest BCUT2D eigenvalue weighted by Gasteiger charge is -2.19. The maximum Gasteiger partial charge on any atom is 0.256 e. The molecule has 1 atom stereocenters. The molecule has 1 aliphatic rings. The summed E-state index contributed by atoms with van der Waals surface area (Å²) in [6.07, 6.45) is 0.0652. The Morgan fingerprint density at radius 1 is 1.12 bits per heavy atom. The second-order valence-corrected chi connectivity index (χ2v) is 6.38. The summed E-state index contributed by atoms with van der Waals surface area (Å²) in [6, 6.07) is 9.82. The minimum absolute atomic E-state index is 0.0652. The molecule has 2 aromatic rings. The minimum Gasteiger partial charge on any atom is -0.497 e. The number of hydrogen-bond donors (Lipinski definition) is 1. The number of imide groups is 1. The van der Waals surface area contributed by atoms with Crippen LogP contribution in [0.3, 0.4) is 0 Å². The molecule has 2 aromatic carbocycles. The highest BCUT2D eigenvalue weighted by atomic mass is 35.5. The van der Waals surface area contributed by atoms with Gasteiger partial charge in [-0.3, -0.25) is 9.59 Å². The molecule has 0 radical (unpaired) electrons. The fraction of sp³-hybridized carbons (Fsp3) is 0.263. The molecule has 0 aromatic heterocycles. The fourth-order valence-electron chi connectivity index (χ4n) is 2.87. The van der Waals surface area contributed by atoms with E-state index in [-0.39, 0.29) is 18.2 Å². The van der Waals surface area contributed by atoms with Crippen molar-refractivity contribution < 1.29 is 19.1 Å². The Balaban J connectivity index is 1.86. The number of amides is 2. The third kappa shape index (κ3) is 3.32. The van der Waals surface area contributed by atoms with Crippen LogP contribution in [-0.2, 0) is 9.59 Å². The molecule has 6 nitrogen and oxygen atoms in total. The van der Waals surface area contributed by atoms with E-state index < -0.39 is 6.04 Å². The summed E-state index contributed by atoms with van der Waals surface area (Å²) in [4.78, 5) is 26.5. The Morgan fingerprint density at radius 2 is 1.81 bits per heavy atom. The molecule has 7 heteroatoms. The Bertz CT molecular complexity index is 851. The molecular formula is C19H19ClN2O4. The first kappa shape index (κ1) is 18.1. The maximum absolute atomic E-state index is 12.8. The van der Waals surface area contributed by atoms with Gasteiger partial charge in [0.25, 0.3) is 5.91 Å². The highest BCUT2D eigenvalue weighted by Gasteiger charge is 2.41. The summed E-state index contributed by atoms with van der Waals surface area (Å²) in [7, 11) is 3.06. The Labute approximate surface area is 156 Å². The second kappa shape index (κ2) is 7.25. The van der Waals surface area contributed by atoms with Crippen molar-refractivity contribution in [3.8, 4) is 11.5 Å². The van der Waals surface area contributed by atoms with E-state index in [9.17, 15) is 9.59 Å². The van der Waals surface area contributed by atoms with Gasteiger partial charge in [-0.15, -0.1) is 0 Å². The first-order valence-corrected chi connectivity index (χ1v) is 8.44. The molecule has 2 amide bonds. The number of methoxy groups -OCH3 is 2. The molecule has 1 unspecified atom stereocenters. The van der Waals surface area contributed by atoms with Crippen LogP contribution in [0.1, 0.15) is 12.0 Å². The van der Waals surface area contributed by atoms with Gasteiger partial charge in [0.1, 0.15) is 17.5 Å². The molecule has 3 rings (SSSR count). The number of ether oxygens (including phenoxy) is 2. The standard InChI is InChI=1S/C19H19ClN2O4/c1-11-8-16(17(26-3)9-14(11)20)22-18(23)10-15(19(22)24)21-12-4-6-13(25-2)7-5-12/h4-9,15,21H,10H2,1-3H3. The summed E-state index contributed by atoms with van der Waals surface area (Å²) < 4.78 is 10.4.